The first kappa shape index (κ1) is 20.8. The third kappa shape index (κ3) is 3.31. The number of amides is 1. The van der Waals surface area contributed by atoms with E-state index in [-0.39, 0.29) is 47.0 Å². The highest BCUT2D eigenvalue weighted by molar-refractivity contribution is 6.00. The molecule has 1 fully saturated rings. The Kier molecular flexibility index (Phi) is 5.07. The molecule has 0 aromatic carbocycles. The van der Waals surface area contributed by atoms with Crippen LogP contribution in [-0.4, -0.2) is 35.4 Å². The quantitative estimate of drug-likeness (QED) is 0.732. The molecule has 0 saturated heterocycles. The molecule has 1 aromatic heterocycles. The van der Waals surface area contributed by atoms with Crippen molar-refractivity contribution in [2.24, 2.45) is 22.4 Å². The van der Waals surface area contributed by atoms with Gasteiger partial charge in [0.25, 0.3) is 0 Å². The van der Waals surface area contributed by atoms with Gasteiger partial charge in [-0.15, -0.1) is 0 Å². The van der Waals surface area contributed by atoms with Crippen LogP contribution in [0.4, 0.5) is 0 Å². The van der Waals surface area contributed by atoms with Crippen LogP contribution in [0.2, 0.25) is 0 Å². The van der Waals surface area contributed by atoms with Crippen molar-refractivity contribution in [2.75, 3.05) is 6.54 Å². The van der Waals surface area contributed by atoms with E-state index in [9.17, 15) is 14.5 Å². The van der Waals surface area contributed by atoms with E-state index >= 15 is 0 Å². The van der Waals surface area contributed by atoms with E-state index in [0.717, 1.165) is 11.1 Å². The highest BCUT2D eigenvalue weighted by atomic mass is 16.5. The van der Waals surface area contributed by atoms with Crippen LogP contribution in [0, 0.1) is 22.2 Å². The Bertz CT molecular complexity index is 1060. The number of hydrogen-bond acceptors (Lipinski definition) is 6. The van der Waals surface area contributed by atoms with Gasteiger partial charge in [-0.2, -0.15) is 4.91 Å². The number of rotatable bonds is 4. The Balaban J connectivity index is 1.46. The van der Waals surface area contributed by atoms with Crippen LogP contribution in [0.5, 0.6) is 0 Å². The molecule has 1 aliphatic heterocycles. The lowest BCUT2D eigenvalue weighted by Gasteiger charge is -2.44. The molecule has 0 bridgehead atoms. The normalized spacial score (nSPS) is 35.2. The second-order valence-electron chi connectivity index (χ2n) is 9.63. The monoisotopic (exact) mass is 433 g/mol. The van der Waals surface area contributed by atoms with Gasteiger partial charge in [-0.1, -0.05) is 30.3 Å². The number of hydrogen-bond donors (Lipinski definition) is 1. The van der Waals surface area contributed by atoms with Gasteiger partial charge in [-0.3, -0.25) is 14.6 Å². The molecule has 0 radical (unpaired) electrons. The number of carbonyl (C=O) groups is 2. The Morgan fingerprint density at radius 1 is 1.38 bits per heavy atom. The van der Waals surface area contributed by atoms with E-state index in [1.807, 2.05) is 24.4 Å². The first-order valence-corrected chi connectivity index (χ1v) is 11.2. The van der Waals surface area contributed by atoms with Gasteiger partial charge in [0.05, 0.1) is 5.57 Å². The molecule has 1 amide bonds. The highest BCUT2D eigenvalue weighted by Gasteiger charge is 2.58. The molecule has 1 unspecified atom stereocenters. The lowest BCUT2D eigenvalue weighted by atomic mass is 9.64. The van der Waals surface area contributed by atoms with Crippen LogP contribution in [0.3, 0.4) is 0 Å². The van der Waals surface area contributed by atoms with Crippen molar-refractivity contribution >= 4 is 11.7 Å². The van der Waals surface area contributed by atoms with Gasteiger partial charge in [0.15, 0.2) is 5.78 Å². The van der Waals surface area contributed by atoms with E-state index < -0.39 is 0 Å². The summed E-state index contributed by atoms with van der Waals surface area (Å²) in [5.41, 5.74) is 2.33. The number of carbonyl (C=O) groups excluding carboxylic acids is 2. The molecule has 1 N–H and O–H groups in total. The van der Waals surface area contributed by atoms with Crippen molar-refractivity contribution in [3.63, 3.8) is 0 Å². The van der Waals surface area contributed by atoms with Crippen molar-refractivity contribution in [1.29, 1.82) is 0 Å². The van der Waals surface area contributed by atoms with E-state index in [1.165, 1.54) is 6.92 Å². The maximum atomic E-state index is 12.8. The molecule has 4 aliphatic rings. The Morgan fingerprint density at radius 2 is 2.22 bits per heavy atom. The lowest BCUT2D eigenvalue weighted by Crippen LogP contribution is -2.42. The number of aromatic nitrogens is 1. The van der Waals surface area contributed by atoms with E-state index in [2.05, 4.69) is 34.6 Å². The summed E-state index contributed by atoms with van der Waals surface area (Å²) in [6, 6.07) is 3.54. The topological polar surface area (TPSA) is 97.7 Å². The zero-order valence-corrected chi connectivity index (χ0v) is 18.3. The van der Waals surface area contributed by atoms with Crippen LogP contribution in [0.15, 0.2) is 64.8 Å². The van der Waals surface area contributed by atoms with Crippen molar-refractivity contribution in [3.8, 4) is 0 Å². The number of pyridine rings is 1. The molecule has 0 spiro atoms. The van der Waals surface area contributed by atoms with Gasteiger partial charge in [-0.05, 0) is 35.6 Å². The van der Waals surface area contributed by atoms with Crippen molar-refractivity contribution in [3.05, 3.63) is 70.1 Å². The summed E-state index contributed by atoms with van der Waals surface area (Å²) in [5, 5.41) is 6.32. The lowest BCUT2D eigenvalue weighted by molar-refractivity contribution is -0.120. The number of fused-ring (bicyclic) bond motifs is 3. The predicted octanol–water partition coefficient (Wildman–Crippen LogP) is 3.59. The largest absolute Gasteiger partial charge is 0.489 e. The summed E-state index contributed by atoms with van der Waals surface area (Å²) < 4.78 is 6.53. The maximum absolute atomic E-state index is 12.8. The fraction of sp³-hybridized carbons (Fsp3) is 0.480. The second-order valence-corrected chi connectivity index (χ2v) is 9.63. The molecule has 1 aromatic rings. The number of nitrogens with zero attached hydrogens (tertiary/aromatic N) is 2. The molecule has 1 saturated carbocycles. The Labute approximate surface area is 187 Å². The average Bonchev–Trinajstić information content (AvgIpc) is 3.10. The summed E-state index contributed by atoms with van der Waals surface area (Å²) in [6.45, 7) is 4.11. The Hall–Kier alpha value is -3.09. The second kappa shape index (κ2) is 7.80. The number of allylic oxidation sites excluding steroid dienone is 4. The number of Topliss-reactive ketones (excluding diaryl/α,β-unsaturated/α-hetero) is 1. The van der Waals surface area contributed by atoms with Gasteiger partial charge in [0, 0.05) is 56.0 Å². The van der Waals surface area contributed by atoms with Gasteiger partial charge in [-0.25, -0.2) is 0 Å². The fourth-order valence-corrected chi connectivity index (χ4v) is 6.10. The zero-order chi connectivity index (χ0) is 22.5. The summed E-state index contributed by atoms with van der Waals surface area (Å²) in [6.07, 6.45) is 11.2. The SMILES string of the molecule is CC(=O)NCC1CC(=O)C2=C(C1)O[C@@H]1C(=C2)C=C[C@@]2(C)[C@H]1C[C@@H](N=O)[C@@H]2c1cccnc1. The third-order valence-electron chi connectivity index (χ3n) is 7.63. The van der Waals surface area contributed by atoms with E-state index in [4.69, 9.17) is 4.74 Å². The van der Waals surface area contributed by atoms with Gasteiger partial charge in [0.2, 0.25) is 5.91 Å². The average molecular weight is 434 g/mol. The summed E-state index contributed by atoms with van der Waals surface area (Å²) >= 11 is 0. The standard InChI is InChI=1S/C25H27N3O4/c1-14(29)27-12-15-8-21(30)18-10-16-5-6-25(2)19(24(16)32-22(18)9-15)11-20(28-31)23(25)17-4-3-7-26-13-17/h3-7,10,13,15,19-20,23-24H,8-9,11-12H2,1-2H3,(H,27,29)/t15?,19-,20+,23-,24+,25-/m0/s1. The van der Waals surface area contributed by atoms with Gasteiger partial charge in [0.1, 0.15) is 17.9 Å². The molecule has 2 heterocycles. The van der Waals surface area contributed by atoms with Gasteiger partial charge >= 0.3 is 0 Å². The van der Waals surface area contributed by atoms with Crippen LogP contribution in [0.25, 0.3) is 0 Å². The number of nitrogens with one attached hydrogen (secondary N) is 1. The first-order chi connectivity index (χ1) is 15.4. The molecule has 3 aliphatic carbocycles. The molecule has 5 rings (SSSR count). The van der Waals surface area contributed by atoms with Gasteiger partial charge < -0.3 is 10.1 Å². The zero-order valence-electron chi connectivity index (χ0n) is 18.3. The molecule has 7 nitrogen and oxygen atoms in total. The smallest absolute Gasteiger partial charge is 0.216 e. The molecular weight excluding hydrogens is 406 g/mol. The predicted molar refractivity (Wildman–Crippen MR) is 118 cm³/mol. The molecule has 166 valence electrons. The first-order valence-electron chi connectivity index (χ1n) is 11.2. The van der Waals surface area contributed by atoms with Crippen molar-refractivity contribution in [1.82, 2.24) is 10.3 Å². The van der Waals surface area contributed by atoms with Crippen molar-refractivity contribution in [2.45, 2.75) is 51.2 Å². The maximum Gasteiger partial charge on any atom is 0.216 e. The third-order valence-corrected chi connectivity index (χ3v) is 7.63. The number of ether oxygens (including phenoxy) is 1. The minimum absolute atomic E-state index is 0.0294. The summed E-state index contributed by atoms with van der Waals surface area (Å²) in [5.74, 6) is 0.686. The van der Waals surface area contributed by atoms with Crippen LogP contribution in [0.1, 0.15) is 44.6 Å². The number of nitroso groups, excluding NO2 is 1. The van der Waals surface area contributed by atoms with E-state index in [0.29, 0.717) is 37.1 Å². The summed E-state index contributed by atoms with van der Waals surface area (Å²) in [4.78, 5) is 40.2. The molecule has 7 heteroatoms. The summed E-state index contributed by atoms with van der Waals surface area (Å²) in [7, 11) is 0. The highest BCUT2D eigenvalue weighted by Crippen LogP contribution is 2.60. The van der Waals surface area contributed by atoms with Crippen molar-refractivity contribution < 1.29 is 14.3 Å². The van der Waals surface area contributed by atoms with Crippen LogP contribution >= 0.6 is 0 Å². The molecule has 6 atom stereocenters. The molecular formula is C25H27N3O4. The minimum Gasteiger partial charge on any atom is -0.489 e. The Morgan fingerprint density at radius 3 is 2.94 bits per heavy atom. The fourth-order valence-electron chi connectivity index (χ4n) is 6.10. The minimum atomic E-state index is -0.363. The number of ketones is 1. The molecule has 32 heavy (non-hydrogen) atoms. The van der Waals surface area contributed by atoms with Crippen LogP contribution in [-0.2, 0) is 14.3 Å². The van der Waals surface area contributed by atoms with E-state index in [1.54, 1.807) is 6.20 Å². The van der Waals surface area contributed by atoms with Crippen LogP contribution < -0.4 is 5.32 Å².